The molecule has 25 heavy (non-hydrogen) atoms. The molecule has 1 aromatic rings. The minimum Gasteiger partial charge on any atom is -0.396 e. The maximum Gasteiger partial charge on any atom is 0.214 e. The molecule has 0 bridgehead atoms. The number of hydrogen-bond donors (Lipinski definition) is 1. The molecule has 2 saturated heterocycles. The highest BCUT2D eigenvalue weighted by atomic mass is 32.2. The maximum absolute atomic E-state index is 14.7. The summed E-state index contributed by atoms with van der Waals surface area (Å²) in [6, 6.07) is 5.10. The highest BCUT2D eigenvalue weighted by Gasteiger charge is 2.34. The van der Waals surface area contributed by atoms with Crippen LogP contribution in [0.4, 0.5) is 4.39 Å². The Balaban J connectivity index is 1.82. The van der Waals surface area contributed by atoms with Crippen LogP contribution in [0.1, 0.15) is 43.2 Å². The molecule has 0 spiro atoms. The minimum absolute atomic E-state index is 0.0510. The van der Waals surface area contributed by atoms with Crippen molar-refractivity contribution in [2.24, 2.45) is 0 Å². The first kappa shape index (κ1) is 18.8. The van der Waals surface area contributed by atoms with Gasteiger partial charge in [-0.25, -0.2) is 12.8 Å². The molecule has 0 atom stereocenters. The Morgan fingerprint density at radius 2 is 2.00 bits per heavy atom. The molecule has 0 saturated carbocycles. The van der Waals surface area contributed by atoms with Crippen LogP contribution in [-0.4, -0.2) is 49.9 Å². The smallest absolute Gasteiger partial charge is 0.214 e. The molecule has 0 amide bonds. The molecular weight excluding hydrogens is 345 g/mol. The first-order valence-corrected chi connectivity index (χ1v) is 10.5. The van der Waals surface area contributed by atoms with Gasteiger partial charge in [0.2, 0.25) is 10.0 Å². The zero-order chi connectivity index (χ0) is 17.9. The molecule has 7 heteroatoms. The van der Waals surface area contributed by atoms with Crippen LogP contribution in [0.5, 0.6) is 0 Å². The largest absolute Gasteiger partial charge is 0.396 e. The second kappa shape index (κ2) is 7.70. The molecule has 140 valence electrons. The predicted molar refractivity (Wildman–Crippen MR) is 93.3 cm³/mol. The van der Waals surface area contributed by atoms with E-state index in [1.807, 2.05) is 6.07 Å². The fourth-order valence-electron chi connectivity index (χ4n) is 3.87. The van der Waals surface area contributed by atoms with Crippen LogP contribution in [0.25, 0.3) is 0 Å². The second-order valence-electron chi connectivity index (χ2n) is 7.03. The van der Waals surface area contributed by atoms with Gasteiger partial charge >= 0.3 is 0 Å². The standard InChI is InChI=1S/C18H26FNO4S/c19-17-13-16(18(5-9-21)6-10-24-11-7-18)4-3-15(17)14-20-8-1-2-12-25(20,22)23/h3-4,13,21H,1-2,5-12,14H2. The number of aliphatic hydroxyl groups is 1. The van der Waals surface area contributed by atoms with Crippen molar-refractivity contribution < 1.29 is 22.7 Å². The van der Waals surface area contributed by atoms with Gasteiger partial charge in [0.05, 0.1) is 5.75 Å². The number of hydrogen-bond acceptors (Lipinski definition) is 4. The van der Waals surface area contributed by atoms with E-state index in [1.165, 1.54) is 10.4 Å². The number of benzene rings is 1. The maximum atomic E-state index is 14.7. The number of sulfonamides is 1. The topological polar surface area (TPSA) is 66.8 Å². The number of aliphatic hydroxyl groups excluding tert-OH is 1. The van der Waals surface area contributed by atoms with Gasteiger partial charge in [0.1, 0.15) is 5.82 Å². The van der Waals surface area contributed by atoms with Crippen LogP contribution in [0.15, 0.2) is 18.2 Å². The van der Waals surface area contributed by atoms with E-state index in [9.17, 15) is 17.9 Å². The Labute approximate surface area is 148 Å². The Hall–Kier alpha value is -1.02. The highest BCUT2D eigenvalue weighted by molar-refractivity contribution is 7.89. The lowest BCUT2D eigenvalue weighted by Gasteiger charge is -2.37. The van der Waals surface area contributed by atoms with Crippen LogP contribution in [0.2, 0.25) is 0 Å². The first-order valence-electron chi connectivity index (χ1n) is 8.92. The average molecular weight is 371 g/mol. The van der Waals surface area contributed by atoms with Gasteiger partial charge in [-0.05, 0) is 43.7 Å². The summed E-state index contributed by atoms with van der Waals surface area (Å²) in [5, 5.41) is 9.43. The van der Waals surface area contributed by atoms with Gasteiger partial charge in [0.15, 0.2) is 0 Å². The lowest BCUT2D eigenvalue weighted by molar-refractivity contribution is 0.0399. The summed E-state index contributed by atoms with van der Waals surface area (Å²) < 4.78 is 45.7. The molecule has 0 unspecified atom stereocenters. The second-order valence-corrected chi connectivity index (χ2v) is 9.12. The van der Waals surface area contributed by atoms with Crippen LogP contribution in [0.3, 0.4) is 0 Å². The van der Waals surface area contributed by atoms with Crippen LogP contribution in [0, 0.1) is 5.82 Å². The molecule has 2 aliphatic rings. The first-order chi connectivity index (χ1) is 12.0. The van der Waals surface area contributed by atoms with Crippen molar-refractivity contribution in [3.63, 3.8) is 0 Å². The summed E-state index contributed by atoms with van der Waals surface area (Å²) >= 11 is 0. The molecule has 2 aliphatic heterocycles. The Morgan fingerprint density at radius 3 is 2.64 bits per heavy atom. The molecule has 2 fully saturated rings. The lowest BCUT2D eigenvalue weighted by atomic mass is 9.72. The molecule has 1 aromatic carbocycles. The summed E-state index contributed by atoms with van der Waals surface area (Å²) in [6.07, 6.45) is 3.58. The molecule has 2 heterocycles. The SMILES string of the molecule is O=S1(=O)CCCCN1Cc1ccc(C2(CCO)CCOCC2)cc1F. The van der Waals surface area contributed by atoms with Gasteiger partial charge < -0.3 is 9.84 Å². The molecule has 0 aliphatic carbocycles. The minimum atomic E-state index is -3.27. The quantitative estimate of drug-likeness (QED) is 0.862. The van der Waals surface area contributed by atoms with Gasteiger partial charge in [0, 0.05) is 43.9 Å². The zero-order valence-electron chi connectivity index (χ0n) is 14.4. The van der Waals surface area contributed by atoms with E-state index in [-0.39, 0.29) is 30.1 Å². The van der Waals surface area contributed by atoms with Crippen molar-refractivity contribution in [3.05, 3.63) is 35.1 Å². The van der Waals surface area contributed by atoms with Crippen molar-refractivity contribution in [3.8, 4) is 0 Å². The molecular formula is C18H26FNO4S. The molecule has 3 rings (SSSR count). The lowest BCUT2D eigenvalue weighted by Crippen LogP contribution is -2.37. The van der Waals surface area contributed by atoms with Crippen molar-refractivity contribution in [1.29, 1.82) is 0 Å². The zero-order valence-corrected chi connectivity index (χ0v) is 15.2. The number of rotatable bonds is 5. The van der Waals surface area contributed by atoms with Gasteiger partial charge in [-0.2, -0.15) is 4.31 Å². The normalized spacial score (nSPS) is 23.4. The van der Waals surface area contributed by atoms with E-state index in [2.05, 4.69) is 0 Å². The molecule has 1 N–H and O–H groups in total. The van der Waals surface area contributed by atoms with Crippen molar-refractivity contribution in [1.82, 2.24) is 4.31 Å². The Kier molecular flexibility index (Phi) is 5.78. The van der Waals surface area contributed by atoms with Gasteiger partial charge in [0.25, 0.3) is 0 Å². The van der Waals surface area contributed by atoms with Crippen LogP contribution in [-0.2, 0) is 26.7 Å². The van der Waals surface area contributed by atoms with E-state index in [4.69, 9.17) is 4.74 Å². The number of halogens is 1. The van der Waals surface area contributed by atoms with Gasteiger partial charge in [-0.15, -0.1) is 0 Å². The summed E-state index contributed by atoms with van der Waals surface area (Å²) in [7, 11) is -3.27. The van der Waals surface area contributed by atoms with Crippen LogP contribution >= 0.6 is 0 Å². The summed E-state index contributed by atoms with van der Waals surface area (Å²) in [5.41, 5.74) is 1.01. The fraction of sp³-hybridized carbons (Fsp3) is 0.667. The summed E-state index contributed by atoms with van der Waals surface area (Å²) in [4.78, 5) is 0. The Morgan fingerprint density at radius 1 is 1.24 bits per heavy atom. The summed E-state index contributed by atoms with van der Waals surface area (Å²) in [5.74, 6) is -0.228. The van der Waals surface area contributed by atoms with E-state index < -0.39 is 10.0 Å². The van der Waals surface area contributed by atoms with Crippen molar-refractivity contribution in [2.75, 3.05) is 32.1 Å². The van der Waals surface area contributed by atoms with Crippen LogP contribution < -0.4 is 0 Å². The predicted octanol–water partition coefficient (Wildman–Crippen LogP) is 2.18. The Bertz CT molecular complexity index is 696. The molecule has 0 aromatic heterocycles. The van der Waals surface area contributed by atoms with E-state index >= 15 is 0 Å². The molecule has 5 nitrogen and oxygen atoms in total. The number of nitrogens with zero attached hydrogens (tertiary/aromatic N) is 1. The van der Waals surface area contributed by atoms with E-state index in [1.54, 1.807) is 6.07 Å². The van der Waals surface area contributed by atoms with Crippen molar-refractivity contribution in [2.45, 2.75) is 44.1 Å². The van der Waals surface area contributed by atoms with Crippen molar-refractivity contribution >= 4 is 10.0 Å². The average Bonchev–Trinajstić information content (AvgIpc) is 2.59. The monoisotopic (exact) mass is 371 g/mol. The van der Waals surface area contributed by atoms with Gasteiger partial charge in [-0.1, -0.05) is 12.1 Å². The third kappa shape index (κ3) is 4.05. The van der Waals surface area contributed by atoms with E-state index in [0.29, 0.717) is 38.2 Å². The third-order valence-corrected chi connectivity index (χ3v) is 7.41. The molecule has 0 radical (unpaired) electrons. The highest BCUT2D eigenvalue weighted by Crippen LogP contribution is 2.38. The fourth-order valence-corrected chi connectivity index (χ4v) is 5.44. The number of ether oxygens (including phenoxy) is 1. The summed E-state index contributed by atoms with van der Waals surface area (Å²) in [6.45, 7) is 1.81. The van der Waals surface area contributed by atoms with Gasteiger partial charge in [-0.3, -0.25) is 0 Å². The third-order valence-electron chi connectivity index (χ3n) is 5.51. The van der Waals surface area contributed by atoms with E-state index in [0.717, 1.165) is 24.8 Å².